The van der Waals surface area contributed by atoms with Crippen molar-refractivity contribution in [1.29, 1.82) is 0 Å². The second-order valence-electron chi connectivity index (χ2n) is 5.86. The van der Waals surface area contributed by atoms with E-state index in [0.717, 1.165) is 19.1 Å². The number of carbonyl (C=O) groups is 1. The Morgan fingerprint density at radius 1 is 0.895 bits per heavy atom. The highest BCUT2D eigenvalue weighted by molar-refractivity contribution is 5.65. The maximum atomic E-state index is 10.2. The zero-order valence-corrected chi connectivity index (χ0v) is 13.0. The number of nitrogens with zero attached hydrogens (tertiary/aromatic N) is 1. The quantitative estimate of drug-likeness (QED) is 0.356. The van der Waals surface area contributed by atoms with Crippen LogP contribution in [0.1, 0.15) is 40.5 Å². The first-order chi connectivity index (χ1) is 8.74. The molecule has 0 radical (unpaired) electrons. The summed E-state index contributed by atoms with van der Waals surface area (Å²) < 4.78 is 0. The van der Waals surface area contributed by atoms with Gasteiger partial charge in [0, 0.05) is 17.0 Å². The summed E-state index contributed by atoms with van der Waals surface area (Å²) in [5, 5.41) is 0. The first kappa shape index (κ1) is 19.9. The topological polar surface area (TPSA) is 29.4 Å². The molecule has 0 atom stereocenters. The largest absolute Gasteiger partial charge is 0.303 e. The molecule has 0 amide bonds. The van der Waals surface area contributed by atoms with E-state index in [0.29, 0.717) is 6.54 Å². The molecule has 0 saturated carbocycles. The van der Waals surface area contributed by atoms with Gasteiger partial charge < -0.3 is 4.79 Å². The average Bonchev–Trinajstić information content (AvgIpc) is 2.30. The van der Waals surface area contributed by atoms with E-state index in [1.807, 2.05) is 26.1 Å². The number of aldehydes is 1. The Kier molecular flexibility index (Phi) is 11.0. The molecule has 0 aromatic rings. The van der Waals surface area contributed by atoms with Crippen LogP contribution in [0.15, 0.2) is 43.0 Å². The third-order valence-electron chi connectivity index (χ3n) is 2.34. The van der Waals surface area contributed by atoms with E-state index in [1.54, 1.807) is 12.2 Å². The first-order valence-electron chi connectivity index (χ1n) is 6.54. The van der Waals surface area contributed by atoms with Crippen molar-refractivity contribution >= 4 is 12.5 Å². The van der Waals surface area contributed by atoms with E-state index >= 15 is 0 Å². The summed E-state index contributed by atoms with van der Waals surface area (Å²) in [6.07, 6.45) is 10.1. The lowest BCUT2D eigenvalue weighted by atomic mass is 9.91. The van der Waals surface area contributed by atoms with Crippen LogP contribution in [0, 0.1) is 10.8 Å². The molecule has 0 N–H and O–H groups in total. The van der Waals surface area contributed by atoms with E-state index in [1.165, 1.54) is 0 Å². The van der Waals surface area contributed by atoms with Crippen molar-refractivity contribution in [3.8, 4) is 0 Å². The molecule has 2 nitrogen and oxygen atoms in total. The Balaban J connectivity index is 0. The first-order valence-corrected chi connectivity index (χ1v) is 6.54. The van der Waals surface area contributed by atoms with Gasteiger partial charge in [0.1, 0.15) is 6.29 Å². The van der Waals surface area contributed by atoms with Gasteiger partial charge in [-0.15, -0.1) is 19.7 Å². The molecule has 0 aromatic heterocycles. The van der Waals surface area contributed by atoms with Crippen LogP contribution in [0.2, 0.25) is 0 Å². The SMILES string of the molecule is C=CCC(C)(C)C=O.C=CCN=CC(C)(C)CC=C. The third-order valence-corrected chi connectivity index (χ3v) is 2.34. The summed E-state index contributed by atoms with van der Waals surface area (Å²) in [6, 6.07) is 0. The van der Waals surface area contributed by atoms with Crippen molar-refractivity contribution < 1.29 is 4.79 Å². The molecule has 0 aliphatic rings. The monoisotopic (exact) mass is 263 g/mol. The number of hydrogen-bond acceptors (Lipinski definition) is 2. The maximum absolute atomic E-state index is 10.2. The predicted octanol–water partition coefficient (Wildman–Crippen LogP) is 4.63. The highest BCUT2D eigenvalue weighted by Gasteiger charge is 2.12. The molecule has 0 rings (SSSR count). The standard InChI is InChI=1S/C10H17N.C7H12O/c1-5-7-10(3,4)9-11-8-6-2;1-4-5-7(2,3)6-8/h5-6,9H,1-2,7-8H2,3-4H3;4,6H,1,5H2,2-3H3. The average molecular weight is 263 g/mol. The fraction of sp³-hybridized carbons (Fsp3) is 0.529. The van der Waals surface area contributed by atoms with Gasteiger partial charge in [-0.1, -0.05) is 45.9 Å². The van der Waals surface area contributed by atoms with Crippen LogP contribution in [0.3, 0.4) is 0 Å². The van der Waals surface area contributed by atoms with Crippen molar-refractivity contribution in [2.45, 2.75) is 40.5 Å². The molecule has 0 spiro atoms. The number of aliphatic imine (C=N–C) groups is 1. The summed E-state index contributed by atoms with van der Waals surface area (Å²) in [7, 11) is 0. The van der Waals surface area contributed by atoms with Crippen LogP contribution in [-0.2, 0) is 4.79 Å². The molecule has 0 saturated heterocycles. The van der Waals surface area contributed by atoms with Crippen LogP contribution in [0.4, 0.5) is 0 Å². The lowest BCUT2D eigenvalue weighted by Gasteiger charge is -2.15. The van der Waals surface area contributed by atoms with Gasteiger partial charge in [0.15, 0.2) is 0 Å². The van der Waals surface area contributed by atoms with Crippen LogP contribution in [0.25, 0.3) is 0 Å². The summed E-state index contributed by atoms with van der Waals surface area (Å²) >= 11 is 0. The van der Waals surface area contributed by atoms with Gasteiger partial charge in [-0.25, -0.2) is 0 Å². The van der Waals surface area contributed by atoms with Gasteiger partial charge in [-0.2, -0.15) is 0 Å². The second kappa shape index (κ2) is 10.5. The number of hydrogen-bond donors (Lipinski definition) is 0. The van der Waals surface area contributed by atoms with Gasteiger partial charge >= 0.3 is 0 Å². The number of rotatable bonds is 8. The highest BCUT2D eigenvalue weighted by atomic mass is 16.1. The van der Waals surface area contributed by atoms with Gasteiger partial charge in [0.25, 0.3) is 0 Å². The Bertz CT molecular complexity index is 311. The minimum absolute atomic E-state index is 0.144. The van der Waals surface area contributed by atoms with E-state index in [9.17, 15) is 4.79 Å². The number of allylic oxidation sites excluding steroid dienone is 2. The predicted molar refractivity (Wildman–Crippen MR) is 86.8 cm³/mol. The fourth-order valence-electron chi connectivity index (χ4n) is 1.22. The Hall–Kier alpha value is -1.44. The molecule has 0 aromatic carbocycles. The van der Waals surface area contributed by atoms with Gasteiger partial charge in [-0.3, -0.25) is 4.99 Å². The smallest absolute Gasteiger partial charge is 0.125 e. The number of carbonyl (C=O) groups excluding carboxylic acids is 1. The van der Waals surface area contributed by atoms with Crippen LogP contribution >= 0.6 is 0 Å². The molecular weight excluding hydrogens is 234 g/mol. The zero-order valence-electron chi connectivity index (χ0n) is 13.0. The van der Waals surface area contributed by atoms with E-state index in [2.05, 4.69) is 38.6 Å². The molecule has 0 aliphatic carbocycles. The molecule has 108 valence electrons. The van der Waals surface area contributed by atoms with Crippen LogP contribution < -0.4 is 0 Å². The highest BCUT2D eigenvalue weighted by Crippen LogP contribution is 2.17. The Labute approximate surface area is 119 Å². The molecule has 2 heteroatoms. The van der Waals surface area contributed by atoms with Crippen LogP contribution in [0.5, 0.6) is 0 Å². The van der Waals surface area contributed by atoms with Gasteiger partial charge in [0.2, 0.25) is 0 Å². The van der Waals surface area contributed by atoms with E-state index in [4.69, 9.17) is 0 Å². The third kappa shape index (κ3) is 14.5. The van der Waals surface area contributed by atoms with Gasteiger partial charge in [-0.05, 0) is 12.8 Å². The maximum Gasteiger partial charge on any atom is 0.125 e. The molecular formula is C17H29NO. The molecule has 0 bridgehead atoms. The van der Waals surface area contributed by atoms with E-state index < -0.39 is 0 Å². The Morgan fingerprint density at radius 2 is 1.37 bits per heavy atom. The zero-order chi connectivity index (χ0) is 15.4. The molecule has 0 unspecified atom stereocenters. The second-order valence-corrected chi connectivity index (χ2v) is 5.86. The molecule has 19 heavy (non-hydrogen) atoms. The van der Waals surface area contributed by atoms with Crippen molar-refractivity contribution in [2.75, 3.05) is 6.54 Å². The minimum Gasteiger partial charge on any atom is -0.303 e. The molecule has 0 fully saturated rings. The van der Waals surface area contributed by atoms with Crippen molar-refractivity contribution in [3.63, 3.8) is 0 Å². The van der Waals surface area contributed by atoms with Crippen LogP contribution in [-0.4, -0.2) is 19.0 Å². The summed E-state index contributed by atoms with van der Waals surface area (Å²) in [4.78, 5) is 14.4. The summed E-state index contributed by atoms with van der Waals surface area (Å²) in [5.74, 6) is 0. The van der Waals surface area contributed by atoms with Gasteiger partial charge in [0.05, 0.1) is 6.54 Å². The summed E-state index contributed by atoms with van der Waals surface area (Å²) in [5.41, 5.74) is -0.0630. The lowest BCUT2D eigenvalue weighted by molar-refractivity contribution is -0.114. The van der Waals surface area contributed by atoms with Crippen molar-refractivity contribution in [2.24, 2.45) is 15.8 Å². The normalized spacial score (nSPS) is 11.4. The van der Waals surface area contributed by atoms with Crippen molar-refractivity contribution in [1.82, 2.24) is 0 Å². The lowest BCUT2D eigenvalue weighted by Crippen LogP contribution is -2.11. The summed E-state index contributed by atoms with van der Waals surface area (Å²) in [6.45, 7) is 19.6. The van der Waals surface area contributed by atoms with E-state index in [-0.39, 0.29) is 10.8 Å². The molecule has 0 aliphatic heterocycles. The fourth-order valence-corrected chi connectivity index (χ4v) is 1.22. The van der Waals surface area contributed by atoms with Crippen molar-refractivity contribution in [3.05, 3.63) is 38.0 Å². The minimum atomic E-state index is -0.207. The molecule has 0 heterocycles. The Morgan fingerprint density at radius 3 is 1.68 bits per heavy atom.